The second-order valence-corrected chi connectivity index (χ2v) is 3.42. The largest absolute Gasteiger partial charge is 0.465 e. The zero-order valence-electron chi connectivity index (χ0n) is 8.94. The molecule has 0 saturated heterocycles. The van der Waals surface area contributed by atoms with Crippen molar-refractivity contribution in [3.05, 3.63) is 45.8 Å². The topological polar surface area (TPSA) is 56.5 Å². The van der Waals surface area contributed by atoms with E-state index in [0.29, 0.717) is 22.3 Å². The SMILES string of the molecule is COC(=O)c1ccc2c(=O)cc(C)oc2c1. The first-order valence-electron chi connectivity index (χ1n) is 4.74. The Morgan fingerprint density at radius 2 is 2.06 bits per heavy atom. The number of benzene rings is 1. The van der Waals surface area contributed by atoms with Gasteiger partial charge in [-0.2, -0.15) is 0 Å². The summed E-state index contributed by atoms with van der Waals surface area (Å²) in [6.45, 7) is 1.69. The van der Waals surface area contributed by atoms with Gasteiger partial charge in [0.2, 0.25) is 0 Å². The minimum Gasteiger partial charge on any atom is -0.465 e. The Balaban J connectivity index is 2.71. The van der Waals surface area contributed by atoms with Crippen molar-refractivity contribution in [3.8, 4) is 0 Å². The lowest BCUT2D eigenvalue weighted by atomic mass is 10.1. The zero-order chi connectivity index (χ0) is 11.7. The first-order chi connectivity index (χ1) is 7.61. The lowest BCUT2D eigenvalue weighted by Crippen LogP contribution is -2.04. The molecule has 0 unspecified atom stereocenters. The third kappa shape index (κ3) is 1.69. The molecule has 16 heavy (non-hydrogen) atoms. The number of ether oxygens (including phenoxy) is 1. The van der Waals surface area contributed by atoms with Crippen LogP contribution in [-0.4, -0.2) is 13.1 Å². The average Bonchev–Trinajstić information content (AvgIpc) is 2.27. The van der Waals surface area contributed by atoms with Gasteiger partial charge in [-0.1, -0.05) is 0 Å². The van der Waals surface area contributed by atoms with Crippen molar-refractivity contribution >= 4 is 16.9 Å². The Morgan fingerprint density at radius 1 is 1.31 bits per heavy atom. The second kappa shape index (κ2) is 3.81. The molecule has 0 N–H and O–H groups in total. The summed E-state index contributed by atoms with van der Waals surface area (Å²) < 4.78 is 9.96. The van der Waals surface area contributed by atoms with Crippen LogP contribution in [0, 0.1) is 6.92 Å². The third-order valence-corrected chi connectivity index (χ3v) is 2.27. The maximum Gasteiger partial charge on any atom is 0.337 e. The number of hydrogen-bond acceptors (Lipinski definition) is 4. The van der Waals surface area contributed by atoms with Crippen molar-refractivity contribution in [2.24, 2.45) is 0 Å². The van der Waals surface area contributed by atoms with Crippen LogP contribution in [0.5, 0.6) is 0 Å². The van der Waals surface area contributed by atoms with Gasteiger partial charge in [0.1, 0.15) is 11.3 Å². The average molecular weight is 218 g/mol. The summed E-state index contributed by atoms with van der Waals surface area (Å²) in [4.78, 5) is 22.9. The third-order valence-electron chi connectivity index (χ3n) is 2.27. The van der Waals surface area contributed by atoms with Crippen LogP contribution in [-0.2, 0) is 4.74 Å². The predicted octanol–water partition coefficient (Wildman–Crippen LogP) is 1.89. The molecule has 1 aromatic carbocycles. The molecule has 0 saturated carbocycles. The second-order valence-electron chi connectivity index (χ2n) is 3.42. The van der Waals surface area contributed by atoms with Gasteiger partial charge in [-0.15, -0.1) is 0 Å². The van der Waals surface area contributed by atoms with E-state index >= 15 is 0 Å². The van der Waals surface area contributed by atoms with Crippen LogP contribution in [0.15, 0.2) is 33.5 Å². The summed E-state index contributed by atoms with van der Waals surface area (Å²) in [5.74, 6) is 0.0607. The van der Waals surface area contributed by atoms with Crippen molar-refractivity contribution in [1.82, 2.24) is 0 Å². The van der Waals surface area contributed by atoms with Gasteiger partial charge in [0.15, 0.2) is 5.43 Å². The molecule has 0 spiro atoms. The number of hydrogen-bond donors (Lipinski definition) is 0. The van der Waals surface area contributed by atoms with Crippen LogP contribution >= 0.6 is 0 Å². The predicted molar refractivity (Wildman–Crippen MR) is 58.6 cm³/mol. The van der Waals surface area contributed by atoms with Gasteiger partial charge >= 0.3 is 5.97 Å². The molecule has 0 radical (unpaired) electrons. The Kier molecular flexibility index (Phi) is 2.48. The van der Waals surface area contributed by atoms with Crippen LogP contribution in [0.1, 0.15) is 16.1 Å². The molecule has 0 atom stereocenters. The molecule has 0 aliphatic carbocycles. The number of aryl methyl sites for hydroxylation is 1. The van der Waals surface area contributed by atoms with Gasteiger partial charge in [-0.3, -0.25) is 4.79 Å². The normalized spacial score (nSPS) is 10.4. The van der Waals surface area contributed by atoms with Crippen molar-refractivity contribution < 1.29 is 13.9 Å². The fraction of sp³-hybridized carbons (Fsp3) is 0.167. The quantitative estimate of drug-likeness (QED) is 0.686. The maximum absolute atomic E-state index is 11.6. The Bertz CT molecular complexity index is 610. The Morgan fingerprint density at radius 3 is 2.75 bits per heavy atom. The summed E-state index contributed by atoms with van der Waals surface area (Å²) in [6.07, 6.45) is 0. The van der Waals surface area contributed by atoms with Gasteiger partial charge < -0.3 is 9.15 Å². The van der Waals surface area contributed by atoms with Crippen LogP contribution < -0.4 is 5.43 Å². The molecule has 1 heterocycles. The summed E-state index contributed by atoms with van der Waals surface area (Å²) in [7, 11) is 1.30. The molecule has 0 aliphatic rings. The summed E-state index contributed by atoms with van der Waals surface area (Å²) in [6, 6.07) is 6.03. The smallest absolute Gasteiger partial charge is 0.337 e. The van der Waals surface area contributed by atoms with Crippen molar-refractivity contribution in [2.75, 3.05) is 7.11 Å². The highest BCUT2D eigenvalue weighted by Gasteiger charge is 2.08. The molecular formula is C12H10O4. The number of esters is 1. The monoisotopic (exact) mass is 218 g/mol. The highest BCUT2D eigenvalue weighted by molar-refractivity contribution is 5.93. The van der Waals surface area contributed by atoms with Gasteiger partial charge in [0.05, 0.1) is 18.1 Å². The van der Waals surface area contributed by atoms with Gasteiger partial charge in [0, 0.05) is 6.07 Å². The van der Waals surface area contributed by atoms with Gasteiger partial charge in [0.25, 0.3) is 0 Å². The molecule has 82 valence electrons. The molecule has 0 amide bonds. The van der Waals surface area contributed by atoms with Gasteiger partial charge in [-0.25, -0.2) is 4.79 Å². The van der Waals surface area contributed by atoms with Crippen LogP contribution in [0.3, 0.4) is 0 Å². The summed E-state index contributed by atoms with van der Waals surface area (Å²) in [5.41, 5.74) is 0.645. The Labute approximate surface area is 91.4 Å². The first-order valence-corrected chi connectivity index (χ1v) is 4.74. The van der Waals surface area contributed by atoms with E-state index < -0.39 is 5.97 Å². The number of methoxy groups -OCH3 is 1. The molecular weight excluding hydrogens is 208 g/mol. The molecule has 4 nitrogen and oxygen atoms in total. The molecule has 0 bridgehead atoms. The lowest BCUT2D eigenvalue weighted by Gasteiger charge is -2.01. The van der Waals surface area contributed by atoms with E-state index in [4.69, 9.17) is 4.42 Å². The zero-order valence-corrected chi connectivity index (χ0v) is 8.94. The van der Waals surface area contributed by atoms with E-state index in [1.807, 2.05) is 0 Å². The Hall–Kier alpha value is -2.10. The fourth-order valence-corrected chi connectivity index (χ4v) is 1.52. The standard InChI is InChI=1S/C12H10O4/c1-7-5-10(13)9-4-3-8(12(14)15-2)6-11(9)16-7/h3-6H,1-2H3. The van der Waals surface area contributed by atoms with Crippen LogP contribution in [0.2, 0.25) is 0 Å². The minimum absolute atomic E-state index is 0.116. The van der Waals surface area contributed by atoms with E-state index in [-0.39, 0.29) is 5.43 Å². The highest BCUT2D eigenvalue weighted by Crippen LogP contribution is 2.14. The number of rotatable bonds is 1. The van der Waals surface area contributed by atoms with Crippen LogP contribution in [0.25, 0.3) is 11.0 Å². The van der Waals surface area contributed by atoms with E-state index in [1.54, 1.807) is 19.1 Å². The van der Waals surface area contributed by atoms with Gasteiger partial charge in [-0.05, 0) is 25.1 Å². The molecule has 0 fully saturated rings. The summed E-state index contributed by atoms with van der Waals surface area (Å²) >= 11 is 0. The van der Waals surface area contributed by atoms with E-state index in [9.17, 15) is 9.59 Å². The van der Waals surface area contributed by atoms with E-state index in [0.717, 1.165) is 0 Å². The molecule has 2 rings (SSSR count). The fourth-order valence-electron chi connectivity index (χ4n) is 1.52. The lowest BCUT2D eigenvalue weighted by molar-refractivity contribution is 0.0600. The number of fused-ring (bicyclic) bond motifs is 1. The highest BCUT2D eigenvalue weighted by atomic mass is 16.5. The van der Waals surface area contributed by atoms with Crippen molar-refractivity contribution in [3.63, 3.8) is 0 Å². The minimum atomic E-state index is -0.453. The first kappa shape index (κ1) is 10.4. The van der Waals surface area contributed by atoms with Crippen molar-refractivity contribution in [2.45, 2.75) is 6.92 Å². The molecule has 4 heteroatoms. The summed E-state index contributed by atoms with van der Waals surface area (Å²) in [5, 5.41) is 0.457. The number of carbonyl (C=O) groups is 1. The van der Waals surface area contributed by atoms with Crippen LogP contribution in [0.4, 0.5) is 0 Å². The van der Waals surface area contributed by atoms with Crippen molar-refractivity contribution in [1.29, 1.82) is 0 Å². The molecule has 1 aromatic heterocycles. The molecule has 2 aromatic rings. The maximum atomic E-state index is 11.6. The van der Waals surface area contributed by atoms with E-state index in [1.165, 1.54) is 19.2 Å². The van der Waals surface area contributed by atoms with E-state index in [2.05, 4.69) is 4.74 Å². The molecule has 0 aliphatic heterocycles. The number of carbonyl (C=O) groups excluding carboxylic acids is 1.